The maximum atomic E-state index is 12.6. The summed E-state index contributed by atoms with van der Waals surface area (Å²) in [5.74, 6) is -0.396. The van der Waals surface area contributed by atoms with Gasteiger partial charge in [0.05, 0.1) is 16.5 Å². The molecule has 9 heteroatoms. The van der Waals surface area contributed by atoms with Crippen LogP contribution in [0.1, 0.15) is 63.5 Å². The van der Waals surface area contributed by atoms with Crippen molar-refractivity contribution in [1.82, 2.24) is 9.47 Å². The van der Waals surface area contributed by atoms with E-state index in [-0.39, 0.29) is 23.3 Å². The minimum Gasteiger partial charge on any atom is -0.408 e. The lowest BCUT2D eigenvalue weighted by molar-refractivity contribution is 0.00246. The molecule has 1 aliphatic carbocycles. The van der Waals surface area contributed by atoms with Gasteiger partial charge in [0.2, 0.25) is 0 Å². The average Bonchev–Trinajstić information content (AvgIpc) is 3.06. The summed E-state index contributed by atoms with van der Waals surface area (Å²) < 4.78 is 37.4. The van der Waals surface area contributed by atoms with Crippen LogP contribution >= 0.6 is 12.4 Å². The van der Waals surface area contributed by atoms with Gasteiger partial charge in [-0.2, -0.15) is 0 Å². The van der Waals surface area contributed by atoms with Gasteiger partial charge in [-0.1, -0.05) is 6.92 Å². The molecule has 0 spiro atoms. The van der Waals surface area contributed by atoms with E-state index in [1.807, 2.05) is 0 Å². The molecule has 7 nitrogen and oxygen atoms in total. The third kappa shape index (κ3) is 5.24. The van der Waals surface area contributed by atoms with E-state index in [1.54, 1.807) is 23.6 Å². The molecule has 2 aliphatic rings. The van der Waals surface area contributed by atoms with Gasteiger partial charge >= 0.3 is 5.76 Å². The maximum Gasteiger partial charge on any atom is 0.420 e. The van der Waals surface area contributed by atoms with Crippen LogP contribution in [0.3, 0.4) is 0 Å². The molecule has 1 saturated heterocycles. The van der Waals surface area contributed by atoms with E-state index in [2.05, 4.69) is 11.8 Å². The van der Waals surface area contributed by atoms with E-state index in [0.29, 0.717) is 28.8 Å². The first-order valence-electron chi connectivity index (χ1n) is 11.5. The number of sulfone groups is 1. The Morgan fingerprint density at radius 1 is 1.06 bits per heavy atom. The second kappa shape index (κ2) is 10.3. The van der Waals surface area contributed by atoms with Crippen molar-refractivity contribution >= 4 is 33.3 Å². The monoisotopic (exact) mass is 486 g/mol. The summed E-state index contributed by atoms with van der Waals surface area (Å²) in [7, 11) is -3.37. The lowest BCUT2D eigenvalue weighted by atomic mass is 9.90. The molecule has 0 bridgehead atoms. The van der Waals surface area contributed by atoms with Crippen molar-refractivity contribution < 1.29 is 17.6 Å². The molecule has 0 unspecified atom stereocenters. The van der Waals surface area contributed by atoms with Crippen molar-refractivity contribution in [3.63, 3.8) is 0 Å². The Bertz CT molecular complexity index is 1080. The standard InChI is InChI=1S/C23H34N2O5S.ClH/c1-4-13-29-19-7-5-17(6-8-19)24-11-9-18(10-12-24)25-20-15-22(31(3,27)28)16(2)14-21(20)30-23(25)26;/h14-15,17-19H,4-13H2,1-3H3;1H/t17-,19-;. The fourth-order valence-corrected chi connectivity index (χ4v) is 6.25. The van der Waals surface area contributed by atoms with E-state index in [1.165, 1.54) is 19.1 Å². The first kappa shape index (κ1) is 25.3. The van der Waals surface area contributed by atoms with Crippen LogP contribution in [0.5, 0.6) is 0 Å². The van der Waals surface area contributed by atoms with Crippen LogP contribution in [0.15, 0.2) is 26.2 Å². The van der Waals surface area contributed by atoms with Crippen LogP contribution in [0, 0.1) is 6.92 Å². The highest BCUT2D eigenvalue weighted by atomic mass is 35.5. The van der Waals surface area contributed by atoms with Crippen molar-refractivity contribution in [2.75, 3.05) is 26.0 Å². The number of benzene rings is 1. The van der Waals surface area contributed by atoms with E-state index >= 15 is 0 Å². The van der Waals surface area contributed by atoms with Crippen molar-refractivity contribution in [1.29, 1.82) is 0 Å². The Hall–Kier alpha value is -1.35. The molecule has 1 aliphatic heterocycles. The summed E-state index contributed by atoms with van der Waals surface area (Å²) in [6.07, 6.45) is 9.01. The van der Waals surface area contributed by atoms with Crippen LogP contribution in [-0.2, 0) is 14.6 Å². The molecule has 4 rings (SSSR count). The lowest BCUT2D eigenvalue weighted by Crippen LogP contribution is -2.45. The smallest absolute Gasteiger partial charge is 0.408 e. The first-order valence-corrected chi connectivity index (χ1v) is 13.4. The lowest BCUT2D eigenvalue weighted by Gasteiger charge is -2.40. The number of oxazole rings is 1. The Balaban J connectivity index is 0.00000289. The van der Waals surface area contributed by atoms with Crippen LogP contribution in [0.4, 0.5) is 0 Å². The zero-order chi connectivity index (χ0) is 22.2. The van der Waals surface area contributed by atoms with Crippen LogP contribution in [0.25, 0.3) is 11.1 Å². The number of aryl methyl sites for hydroxylation is 1. The number of halogens is 1. The summed E-state index contributed by atoms with van der Waals surface area (Å²) in [4.78, 5) is 15.5. The second-order valence-corrected chi connectivity index (χ2v) is 11.1. The van der Waals surface area contributed by atoms with Gasteiger partial charge in [-0.15, -0.1) is 12.4 Å². The van der Waals surface area contributed by atoms with Gasteiger partial charge in [-0.05, 0) is 69.6 Å². The quantitative estimate of drug-likeness (QED) is 0.611. The number of ether oxygens (including phenoxy) is 1. The number of aromatic nitrogens is 1. The Morgan fingerprint density at radius 3 is 2.31 bits per heavy atom. The first-order chi connectivity index (χ1) is 14.8. The highest BCUT2D eigenvalue weighted by Crippen LogP contribution is 2.32. The number of rotatable bonds is 6. The van der Waals surface area contributed by atoms with E-state index < -0.39 is 15.6 Å². The molecule has 1 saturated carbocycles. The molecule has 0 radical (unpaired) electrons. The van der Waals surface area contributed by atoms with Crippen molar-refractivity contribution in [2.24, 2.45) is 0 Å². The van der Waals surface area contributed by atoms with Gasteiger partial charge in [-0.3, -0.25) is 4.57 Å². The largest absolute Gasteiger partial charge is 0.420 e. The fraction of sp³-hybridized carbons (Fsp3) is 0.696. The molecule has 0 amide bonds. The predicted molar refractivity (Wildman–Crippen MR) is 128 cm³/mol. The maximum absolute atomic E-state index is 12.6. The SMILES string of the molecule is CCCO[C@H]1CC[C@H](N2CCC(n3c(=O)oc4cc(C)c(S(C)(=O)=O)cc43)CC2)CC1.Cl. The average molecular weight is 487 g/mol. The summed E-state index contributed by atoms with van der Waals surface area (Å²) in [5, 5.41) is 0. The number of hydrogen-bond acceptors (Lipinski definition) is 6. The van der Waals surface area contributed by atoms with E-state index in [0.717, 1.165) is 51.8 Å². The zero-order valence-electron chi connectivity index (χ0n) is 19.2. The Labute approximate surface area is 196 Å². The molecule has 0 atom stereocenters. The van der Waals surface area contributed by atoms with Gasteiger partial charge in [0.1, 0.15) is 0 Å². The highest BCUT2D eigenvalue weighted by molar-refractivity contribution is 7.90. The van der Waals surface area contributed by atoms with Gasteiger partial charge in [0, 0.05) is 38.0 Å². The van der Waals surface area contributed by atoms with Gasteiger partial charge in [0.15, 0.2) is 15.4 Å². The second-order valence-electron chi connectivity index (χ2n) is 9.16. The third-order valence-electron chi connectivity index (χ3n) is 6.89. The Morgan fingerprint density at radius 2 is 1.72 bits per heavy atom. The molecular formula is C23H35ClN2O5S. The molecule has 0 N–H and O–H groups in total. The molecule has 32 heavy (non-hydrogen) atoms. The summed E-state index contributed by atoms with van der Waals surface area (Å²) in [6, 6.07) is 3.90. The molecular weight excluding hydrogens is 452 g/mol. The number of piperidine rings is 1. The Kier molecular flexibility index (Phi) is 8.12. The number of hydrogen-bond donors (Lipinski definition) is 0. The van der Waals surface area contributed by atoms with E-state index in [9.17, 15) is 13.2 Å². The summed E-state index contributed by atoms with van der Waals surface area (Å²) in [5.41, 5.74) is 1.65. The van der Waals surface area contributed by atoms with Gasteiger partial charge in [-0.25, -0.2) is 13.2 Å². The molecule has 2 heterocycles. The molecule has 2 fully saturated rings. The molecule has 1 aromatic carbocycles. The fourth-order valence-electron chi connectivity index (χ4n) is 5.28. The van der Waals surface area contributed by atoms with Crippen molar-refractivity contribution in [3.8, 4) is 0 Å². The molecule has 180 valence electrons. The van der Waals surface area contributed by atoms with Crippen LogP contribution in [-0.4, -0.2) is 56.0 Å². The number of likely N-dealkylation sites (tertiary alicyclic amines) is 1. The van der Waals surface area contributed by atoms with Crippen LogP contribution < -0.4 is 5.76 Å². The highest BCUT2D eigenvalue weighted by Gasteiger charge is 2.31. The topological polar surface area (TPSA) is 81.8 Å². The van der Waals surface area contributed by atoms with Crippen LogP contribution in [0.2, 0.25) is 0 Å². The van der Waals surface area contributed by atoms with E-state index in [4.69, 9.17) is 9.15 Å². The summed E-state index contributed by atoms with van der Waals surface area (Å²) >= 11 is 0. The van der Waals surface area contributed by atoms with Gasteiger partial charge < -0.3 is 14.1 Å². The predicted octanol–water partition coefficient (Wildman–Crippen LogP) is 4.10. The molecule has 2 aromatic rings. The number of fused-ring (bicyclic) bond motifs is 1. The summed E-state index contributed by atoms with van der Waals surface area (Å²) in [6.45, 7) is 6.62. The minimum atomic E-state index is -3.37. The normalized spacial score (nSPS) is 23.3. The minimum absolute atomic E-state index is 0. The zero-order valence-corrected chi connectivity index (χ0v) is 20.8. The van der Waals surface area contributed by atoms with Crippen molar-refractivity contribution in [3.05, 3.63) is 28.2 Å². The number of nitrogens with zero attached hydrogens (tertiary/aromatic N) is 2. The van der Waals surface area contributed by atoms with Crippen molar-refractivity contribution in [2.45, 2.75) is 81.9 Å². The molecule has 1 aromatic heterocycles. The van der Waals surface area contributed by atoms with Gasteiger partial charge in [0.25, 0.3) is 0 Å². The third-order valence-corrected chi connectivity index (χ3v) is 8.13.